The summed E-state index contributed by atoms with van der Waals surface area (Å²) in [4.78, 5) is 6.33. The molecule has 0 unspecified atom stereocenters. The predicted molar refractivity (Wildman–Crippen MR) is 95.2 cm³/mol. The fourth-order valence-electron chi connectivity index (χ4n) is 3.12. The summed E-state index contributed by atoms with van der Waals surface area (Å²) in [6.45, 7) is 2.86. The number of anilines is 1. The molecule has 4 rings (SSSR count). The molecule has 5 nitrogen and oxygen atoms in total. The van der Waals surface area contributed by atoms with E-state index in [1.165, 1.54) is 47.7 Å². The number of nitrogens with one attached hydrogen (secondary N) is 1. The second kappa shape index (κ2) is 6.73. The molecule has 0 atom stereocenters. The van der Waals surface area contributed by atoms with Crippen LogP contribution in [-0.4, -0.2) is 15.2 Å². The second-order valence-corrected chi connectivity index (χ2v) is 7.33. The molecule has 1 aliphatic rings. The summed E-state index contributed by atoms with van der Waals surface area (Å²) in [5, 5.41) is 12.4. The van der Waals surface area contributed by atoms with Gasteiger partial charge in [-0.3, -0.25) is 0 Å². The van der Waals surface area contributed by atoms with Gasteiger partial charge in [-0.15, -0.1) is 21.5 Å². The fourth-order valence-corrected chi connectivity index (χ4v) is 4.22. The zero-order valence-electron chi connectivity index (χ0n) is 13.7. The summed E-state index contributed by atoms with van der Waals surface area (Å²) in [5.41, 5.74) is 4.54. The molecule has 124 valence electrons. The molecular formula is C18H20N4OS. The van der Waals surface area contributed by atoms with Gasteiger partial charge in [-0.2, -0.15) is 0 Å². The largest absolute Gasteiger partial charge is 0.423 e. The molecule has 0 bridgehead atoms. The van der Waals surface area contributed by atoms with Gasteiger partial charge in [0.2, 0.25) is 12.3 Å². The van der Waals surface area contributed by atoms with Gasteiger partial charge >= 0.3 is 0 Å². The van der Waals surface area contributed by atoms with Crippen molar-refractivity contribution < 1.29 is 4.42 Å². The van der Waals surface area contributed by atoms with Crippen LogP contribution in [0.4, 0.5) is 5.69 Å². The molecular weight excluding hydrogens is 320 g/mol. The lowest BCUT2D eigenvalue weighted by molar-refractivity contribution is 0.568. The highest BCUT2D eigenvalue weighted by atomic mass is 32.1. The number of hydrogen-bond acceptors (Lipinski definition) is 6. The Labute approximate surface area is 145 Å². The van der Waals surface area contributed by atoms with Gasteiger partial charge in [0.05, 0.1) is 12.2 Å². The standard InChI is InChI=1S/C18H20N4OS/c1-12-9-13(18-22-20-11-23-18)7-8-14(12)19-10-17-21-15-5-3-2-4-6-16(15)24-17/h7-9,11,19H,2-6,10H2,1H3. The first-order chi connectivity index (χ1) is 11.8. The van der Waals surface area contributed by atoms with Crippen LogP contribution in [0.2, 0.25) is 0 Å². The van der Waals surface area contributed by atoms with Crippen molar-refractivity contribution >= 4 is 17.0 Å². The molecule has 24 heavy (non-hydrogen) atoms. The first-order valence-electron chi connectivity index (χ1n) is 8.38. The van der Waals surface area contributed by atoms with Crippen LogP contribution in [0.1, 0.15) is 40.4 Å². The van der Waals surface area contributed by atoms with Crippen molar-refractivity contribution in [3.63, 3.8) is 0 Å². The first kappa shape index (κ1) is 15.3. The van der Waals surface area contributed by atoms with Crippen LogP contribution >= 0.6 is 11.3 Å². The van der Waals surface area contributed by atoms with Crippen molar-refractivity contribution in [3.05, 3.63) is 45.7 Å². The lowest BCUT2D eigenvalue weighted by Gasteiger charge is -2.09. The Morgan fingerprint density at radius 2 is 2.12 bits per heavy atom. The molecule has 0 saturated carbocycles. The zero-order chi connectivity index (χ0) is 16.4. The van der Waals surface area contributed by atoms with Gasteiger partial charge in [-0.25, -0.2) is 4.98 Å². The summed E-state index contributed by atoms with van der Waals surface area (Å²) >= 11 is 1.87. The summed E-state index contributed by atoms with van der Waals surface area (Å²) in [7, 11) is 0. The molecule has 1 N–H and O–H groups in total. The van der Waals surface area contributed by atoms with Gasteiger partial charge in [0.15, 0.2) is 0 Å². The Morgan fingerprint density at radius 3 is 2.96 bits per heavy atom. The van der Waals surface area contributed by atoms with Crippen molar-refractivity contribution in [1.82, 2.24) is 15.2 Å². The van der Waals surface area contributed by atoms with E-state index in [4.69, 9.17) is 9.40 Å². The van der Waals surface area contributed by atoms with E-state index in [0.717, 1.165) is 29.8 Å². The van der Waals surface area contributed by atoms with E-state index >= 15 is 0 Å². The van der Waals surface area contributed by atoms with Crippen LogP contribution in [0.25, 0.3) is 11.5 Å². The molecule has 0 amide bonds. The maximum absolute atomic E-state index is 5.25. The van der Waals surface area contributed by atoms with Gasteiger partial charge in [0.25, 0.3) is 0 Å². The van der Waals surface area contributed by atoms with Crippen molar-refractivity contribution in [2.45, 2.75) is 45.6 Å². The van der Waals surface area contributed by atoms with E-state index in [2.05, 4.69) is 34.6 Å². The highest BCUT2D eigenvalue weighted by molar-refractivity contribution is 7.11. The molecule has 0 saturated heterocycles. The summed E-state index contributed by atoms with van der Waals surface area (Å²) < 4.78 is 5.25. The zero-order valence-corrected chi connectivity index (χ0v) is 14.5. The van der Waals surface area contributed by atoms with Crippen LogP contribution < -0.4 is 5.32 Å². The minimum absolute atomic E-state index is 0.549. The van der Waals surface area contributed by atoms with Crippen molar-refractivity contribution in [2.24, 2.45) is 0 Å². The Balaban J connectivity index is 1.46. The van der Waals surface area contributed by atoms with Crippen LogP contribution in [0, 0.1) is 6.92 Å². The Morgan fingerprint density at radius 1 is 1.21 bits per heavy atom. The minimum Gasteiger partial charge on any atom is -0.423 e. The lowest BCUT2D eigenvalue weighted by Crippen LogP contribution is -2.01. The second-order valence-electron chi connectivity index (χ2n) is 6.17. The third kappa shape index (κ3) is 3.19. The lowest BCUT2D eigenvalue weighted by atomic mass is 10.1. The van der Waals surface area contributed by atoms with E-state index in [-0.39, 0.29) is 0 Å². The predicted octanol–water partition coefficient (Wildman–Crippen LogP) is 4.38. The van der Waals surface area contributed by atoms with Gasteiger partial charge in [0.1, 0.15) is 5.01 Å². The van der Waals surface area contributed by atoms with Gasteiger partial charge < -0.3 is 9.73 Å². The van der Waals surface area contributed by atoms with E-state index in [9.17, 15) is 0 Å². The fraction of sp³-hybridized carbons (Fsp3) is 0.389. The van der Waals surface area contributed by atoms with Crippen LogP contribution in [0.3, 0.4) is 0 Å². The number of fused-ring (bicyclic) bond motifs is 1. The van der Waals surface area contributed by atoms with Crippen LogP contribution in [0.5, 0.6) is 0 Å². The molecule has 1 aromatic carbocycles. The molecule has 2 aromatic heterocycles. The van der Waals surface area contributed by atoms with Crippen LogP contribution in [-0.2, 0) is 19.4 Å². The first-order valence-corrected chi connectivity index (χ1v) is 9.20. The number of hydrogen-bond donors (Lipinski definition) is 1. The molecule has 1 aliphatic carbocycles. The molecule has 0 aliphatic heterocycles. The van der Waals surface area contributed by atoms with E-state index in [1.54, 1.807) is 0 Å². The molecule has 3 aromatic rings. The van der Waals surface area contributed by atoms with Crippen molar-refractivity contribution in [3.8, 4) is 11.5 Å². The Hall–Kier alpha value is -2.21. The molecule has 6 heteroatoms. The topological polar surface area (TPSA) is 63.8 Å². The number of nitrogens with zero attached hydrogens (tertiary/aromatic N) is 3. The third-order valence-electron chi connectivity index (χ3n) is 4.40. The molecule has 0 spiro atoms. The summed E-state index contributed by atoms with van der Waals surface area (Å²) in [6.07, 6.45) is 7.61. The molecule has 0 radical (unpaired) electrons. The van der Waals surface area contributed by atoms with Crippen molar-refractivity contribution in [2.75, 3.05) is 5.32 Å². The average molecular weight is 340 g/mol. The monoisotopic (exact) mass is 340 g/mol. The SMILES string of the molecule is Cc1cc(-c2nnco2)ccc1NCc1nc2c(s1)CCCCC2. The van der Waals surface area contributed by atoms with Gasteiger partial charge in [0, 0.05) is 16.1 Å². The Kier molecular flexibility index (Phi) is 4.30. The maximum Gasteiger partial charge on any atom is 0.247 e. The number of aromatic nitrogens is 3. The van der Waals surface area contributed by atoms with E-state index in [0.29, 0.717) is 5.89 Å². The average Bonchev–Trinajstić information content (AvgIpc) is 3.20. The van der Waals surface area contributed by atoms with E-state index < -0.39 is 0 Å². The van der Waals surface area contributed by atoms with Crippen LogP contribution in [0.15, 0.2) is 29.0 Å². The number of benzene rings is 1. The smallest absolute Gasteiger partial charge is 0.247 e. The normalized spacial score (nSPS) is 14.2. The summed E-state index contributed by atoms with van der Waals surface area (Å²) in [6, 6.07) is 6.13. The Bertz CT molecular complexity index is 802. The highest BCUT2D eigenvalue weighted by Crippen LogP contribution is 2.28. The highest BCUT2D eigenvalue weighted by Gasteiger charge is 2.14. The van der Waals surface area contributed by atoms with Crippen molar-refractivity contribution in [1.29, 1.82) is 0 Å². The minimum atomic E-state index is 0.549. The molecule has 2 heterocycles. The number of thiazole rings is 1. The van der Waals surface area contributed by atoms with Gasteiger partial charge in [-0.05, 0) is 56.4 Å². The quantitative estimate of drug-likeness (QED) is 0.714. The number of rotatable bonds is 4. The van der Waals surface area contributed by atoms with E-state index in [1.807, 2.05) is 17.4 Å². The molecule has 0 fully saturated rings. The maximum atomic E-state index is 5.25. The van der Waals surface area contributed by atoms with Gasteiger partial charge in [-0.1, -0.05) is 6.42 Å². The third-order valence-corrected chi connectivity index (χ3v) is 5.56. The number of aryl methyl sites for hydroxylation is 3. The summed E-state index contributed by atoms with van der Waals surface area (Å²) in [5.74, 6) is 0.549.